The Hall–Kier alpha value is -4.40. The van der Waals surface area contributed by atoms with Gasteiger partial charge in [-0.1, -0.05) is 18.2 Å². The molecule has 3 aromatic carbocycles. The number of anilines is 1. The molecule has 1 aliphatic heterocycles. The summed E-state index contributed by atoms with van der Waals surface area (Å²) in [5.74, 6) is 1.92. The Morgan fingerprint density at radius 3 is 2.08 bits per heavy atom. The molecular weight excluding hydrogens is 476 g/mol. The summed E-state index contributed by atoms with van der Waals surface area (Å²) >= 11 is 0. The Morgan fingerprint density at radius 1 is 0.838 bits per heavy atom. The molecule has 1 unspecified atom stereocenters. The summed E-state index contributed by atoms with van der Waals surface area (Å²) in [7, 11) is 7.64. The molecule has 0 aromatic heterocycles. The van der Waals surface area contributed by atoms with Gasteiger partial charge >= 0.3 is 0 Å². The van der Waals surface area contributed by atoms with Crippen molar-refractivity contribution in [2.45, 2.75) is 19.0 Å². The van der Waals surface area contributed by atoms with Crippen molar-refractivity contribution in [2.75, 3.05) is 40.9 Å². The first-order chi connectivity index (χ1) is 17.9. The van der Waals surface area contributed by atoms with Crippen LogP contribution in [0.2, 0.25) is 0 Å². The van der Waals surface area contributed by atoms with E-state index in [0.29, 0.717) is 52.1 Å². The van der Waals surface area contributed by atoms with Crippen LogP contribution in [0.5, 0.6) is 28.7 Å². The SMILES string of the molecule is COc1ccc(NC(=O)CC(c2cc(OC)c(OC)c(OC)c2)N2Cc3ccccc3C2=O)cc1OC. The minimum Gasteiger partial charge on any atom is -0.493 e. The zero-order valence-electron chi connectivity index (χ0n) is 21.5. The molecule has 0 aliphatic carbocycles. The van der Waals surface area contributed by atoms with Crippen LogP contribution in [0.15, 0.2) is 54.6 Å². The molecule has 1 aliphatic rings. The number of hydrogen-bond acceptors (Lipinski definition) is 7. The van der Waals surface area contributed by atoms with E-state index in [2.05, 4.69) is 5.32 Å². The van der Waals surface area contributed by atoms with Gasteiger partial charge in [0.2, 0.25) is 11.7 Å². The van der Waals surface area contributed by atoms with Crippen LogP contribution in [0.25, 0.3) is 0 Å². The molecule has 37 heavy (non-hydrogen) atoms. The number of carbonyl (C=O) groups is 2. The van der Waals surface area contributed by atoms with Gasteiger partial charge in [0.1, 0.15) is 0 Å². The Morgan fingerprint density at radius 2 is 1.49 bits per heavy atom. The van der Waals surface area contributed by atoms with Crippen LogP contribution in [0, 0.1) is 0 Å². The number of fused-ring (bicyclic) bond motifs is 1. The van der Waals surface area contributed by atoms with Crippen molar-refractivity contribution in [1.29, 1.82) is 0 Å². The smallest absolute Gasteiger partial charge is 0.255 e. The Balaban J connectivity index is 1.69. The lowest BCUT2D eigenvalue weighted by molar-refractivity contribution is -0.117. The second-order valence-corrected chi connectivity index (χ2v) is 8.39. The van der Waals surface area contributed by atoms with Crippen LogP contribution in [-0.4, -0.2) is 52.3 Å². The minimum atomic E-state index is -0.603. The van der Waals surface area contributed by atoms with Gasteiger partial charge < -0.3 is 33.9 Å². The third kappa shape index (κ3) is 5.11. The highest BCUT2D eigenvalue weighted by Gasteiger charge is 2.35. The van der Waals surface area contributed by atoms with Crippen LogP contribution in [0.1, 0.15) is 33.9 Å². The van der Waals surface area contributed by atoms with Gasteiger partial charge in [0, 0.05) is 23.9 Å². The van der Waals surface area contributed by atoms with Crippen LogP contribution in [-0.2, 0) is 11.3 Å². The summed E-state index contributed by atoms with van der Waals surface area (Å²) in [6.45, 7) is 0.375. The highest BCUT2D eigenvalue weighted by molar-refractivity contribution is 5.99. The minimum absolute atomic E-state index is 0.00723. The average Bonchev–Trinajstić information content (AvgIpc) is 3.26. The molecule has 194 valence electrons. The highest BCUT2D eigenvalue weighted by Crippen LogP contribution is 2.43. The topological polar surface area (TPSA) is 95.6 Å². The molecule has 1 N–H and O–H groups in total. The molecule has 0 spiro atoms. The molecule has 1 atom stereocenters. The molecule has 0 bridgehead atoms. The maximum atomic E-state index is 13.4. The monoisotopic (exact) mass is 506 g/mol. The van der Waals surface area contributed by atoms with E-state index in [1.165, 1.54) is 28.4 Å². The van der Waals surface area contributed by atoms with E-state index in [0.717, 1.165) is 5.56 Å². The highest BCUT2D eigenvalue weighted by atomic mass is 16.5. The van der Waals surface area contributed by atoms with Gasteiger partial charge in [-0.05, 0) is 41.5 Å². The lowest BCUT2D eigenvalue weighted by Crippen LogP contribution is -2.32. The molecule has 2 amide bonds. The normalized spacial score (nSPS) is 13.0. The molecule has 4 rings (SSSR count). The van der Waals surface area contributed by atoms with Gasteiger partial charge in [-0.2, -0.15) is 0 Å². The number of hydrogen-bond donors (Lipinski definition) is 1. The summed E-state index contributed by atoms with van der Waals surface area (Å²) in [6, 6.07) is 15.5. The number of amides is 2. The number of rotatable bonds is 10. The molecule has 9 nitrogen and oxygen atoms in total. The molecule has 0 fully saturated rings. The summed E-state index contributed by atoms with van der Waals surface area (Å²) in [4.78, 5) is 28.4. The molecule has 1 heterocycles. The summed E-state index contributed by atoms with van der Waals surface area (Å²) < 4.78 is 27.1. The van der Waals surface area contributed by atoms with E-state index in [1.807, 2.05) is 18.2 Å². The van der Waals surface area contributed by atoms with Gasteiger partial charge in [0.05, 0.1) is 48.0 Å². The fourth-order valence-corrected chi connectivity index (χ4v) is 4.53. The third-order valence-electron chi connectivity index (χ3n) is 6.34. The standard InChI is InChI=1S/C28H30N2O7/c1-33-22-11-10-19(14-23(22)34-2)29-26(31)15-21(30-16-17-8-6-7-9-20(17)28(30)32)18-12-24(35-3)27(37-5)25(13-18)36-4/h6-14,21H,15-16H2,1-5H3,(H,29,31). The first-order valence-corrected chi connectivity index (χ1v) is 11.6. The fraction of sp³-hybridized carbons (Fsp3) is 0.286. The predicted octanol–water partition coefficient (Wildman–Crippen LogP) is 4.46. The van der Waals surface area contributed by atoms with E-state index in [-0.39, 0.29) is 18.2 Å². The van der Waals surface area contributed by atoms with Crippen molar-refractivity contribution in [2.24, 2.45) is 0 Å². The average molecular weight is 507 g/mol. The van der Waals surface area contributed by atoms with E-state index >= 15 is 0 Å². The summed E-state index contributed by atoms with van der Waals surface area (Å²) in [5.41, 5.74) is 2.76. The summed E-state index contributed by atoms with van der Waals surface area (Å²) in [6.07, 6.45) is -0.00723. The van der Waals surface area contributed by atoms with Crippen LogP contribution in [0.3, 0.4) is 0 Å². The van der Waals surface area contributed by atoms with Gasteiger partial charge in [-0.3, -0.25) is 9.59 Å². The number of nitrogens with one attached hydrogen (secondary N) is 1. The lowest BCUT2D eigenvalue weighted by atomic mass is 10.00. The fourth-order valence-electron chi connectivity index (χ4n) is 4.53. The predicted molar refractivity (Wildman–Crippen MR) is 138 cm³/mol. The van der Waals surface area contributed by atoms with E-state index in [9.17, 15) is 9.59 Å². The van der Waals surface area contributed by atoms with Gasteiger partial charge in [-0.15, -0.1) is 0 Å². The van der Waals surface area contributed by atoms with Gasteiger partial charge in [0.15, 0.2) is 23.0 Å². The van der Waals surface area contributed by atoms with Crippen LogP contribution >= 0.6 is 0 Å². The largest absolute Gasteiger partial charge is 0.493 e. The molecule has 0 radical (unpaired) electrons. The lowest BCUT2D eigenvalue weighted by Gasteiger charge is -2.29. The van der Waals surface area contributed by atoms with Crippen molar-refractivity contribution in [1.82, 2.24) is 4.90 Å². The second kappa shape index (κ2) is 11.1. The zero-order chi connectivity index (χ0) is 26.5. The van der Waals surface area contributed by atoms with Crippen molar-refractivity contribution >= 4 is 17.5 Å². The van der Waals surface area contributed by atoms with Gasteiger partial charge in [0.25, 0.3) is 5.91 Å². The molecule has 9 heteroatoms. The number of benzene rings is 3. The molecule has 0 saturated heterocycles. The number of methoxy groups -OCH3 is 5. The number of nitrogens with zero attached hydrogens (tertiary/aromatic N) is 1. The second-order valence-electron chi connectivity index (χ2n) is 8.39. The molecular formula is C28H30N2O7. The number of carbonyl (C=O) groups excluding carboxylic acids is 2. The van der Waals surface area contributed by atoms with Gasteiger partial charge in [-0.25, -0.2) is 0 Å². The Kier molecular flexibility index (Phi) is 7.71. The van der Waals surface area contributed by atoms with Crippen molar-refractivity contribution < 1.29 is 33.3 Å². The maximum Gasteiger partial charge on any atom is 0.255 e. The van der Waals surface area contributed by atoms with Crippen LogP contribution < -0.4 is 29.0 Å². The first-order valence-electron chi connectivity index (χ1n) is 11.6. The Labute approximate surface area is 215 Å². The quantitative estimate of drug-likeness (QED) is 0.434. The summed E-state index contributed by atoms with van der Waals surface area (Å²) in [5, 5.41) is 2.91. The zero-order valence-corrected chi connectivity index (χ0v) is 21.5. The third-order valence-corrected chi connectivity index (χ3v) is 6.34. The first kappa shape index (κ1) is 25.7. The Bertz CT molecular complexity index is 1280. The van der Waals surface area contributed by atoms with Crippen molar-refractivity contribution in [3.8, 4) is 28.7 Å². The molecule has 3 aromatic rings. The van der Waals surface area contributed by atoms with E-state index < -0.39 is 6.04 Å². The van der Waals surface area contributed by atoms with Crippen LogP contribution in [0.4, 0.5) is 5.69 Å². The maximum absolute atomic E-state index is 13.4. The van der Waals surface area contributed by atoms with Crippen molar-refractivity contribution in [3.05, 3.63) is 71.3 Å². The van der Waals surface area contributed by atoms with E-state index in [1.54, 1.807) is 48.4 Å². The van der Waals surface area contributed by atoms with Crippen molar-refractivity contribution in [3.63, 3.8) is 0 Å². The van der Waals surface area contributed by atoms with E-state index in [4.69, 9.17) is 23.7 Å². The molecule has 0 saturated carbocycles. The number of ether oxygens (including phenoxy) is 5.